The van der Waals surface area contributed by atoms with Gasteiger partial charge in [-0.15, -0.1) is 0 Å². The van der Waals surface area contributed by atoms with E-state index in [-0.39, 0.29) is 16.9 Å². The van der Waals surface area contributed by atoms with Crippen LogP contribution in [0.1, 0.15) is 56.1 Å². The zero-order valence-corrected chi connectivity index (χ0v) is 13.9. The Kier molecular flexibility index (Phi) is 3.74. The topological polar surface area (TPSA) is 45.8 Å². The summed E-state index contributed by atoms with van der Waals surface area (Å²) in [5.41, 5.74) is 1.89. The first-order valence-electron chi connectivity index (χ1n) is 7.40. The van der Waals surface area contributed by atoms with Crippen molar-refractivity contribution in [3.63, 3.8) is 0 Å². The molecule has 0 aliphatic heterocycles. The highest BCUT2D eigenvalue weighted by Gasteiger charge is 2.43. The smallest absolute Gasteiger partial charge is 0.265 e. The number of nitrogens with zero attached hydrogens (tertiary/aromatic N) is 1. The minimum atomic E-state index is -0.120. The second kappa shape index (κ2) is 5.41. The third kappa shape index (κ3) is 2.35. The van der Waals surface area contributed by atoms with Crippen molar-refractivity contribution in [3.05, 3.63) is 62.2 Å². The monoisotopic (exact) mass is 346 g/mol. The van der Waals surface area contributed by atoms with Crippen LogP contribution < -0.4 is 5.56 Å². The molecule has 21 heavy (non-hydrogen) atoms. The summed E-state index contributed by atoms with van der Waals surface area (Å²) in [5.74, 6) is 1.03. The summed E-state index contributed by atoms with van der Waals surface area (Å²) >= 11 is 3.37. The van der Waals surface area contributed by atoms with Gasteiger partial charge in [-0.05, 0) is 40.3 Å². The zero-order chi connectivity index (χ0) is 15.0. The van der Waals surface area contributed by atoms with E-state index in [4.69, 9.17) is 4.98 Å². The quantitative estimate of drug-likeness (QED) is 0.908. The van der Waals surface area contributed by atoms with Crippen LogP contribution in [-0.2, 0) is 5.41 Å². The number of aromatic amines is 1. The highest BCUT2D eigenvalue weighted by atomic mass is 79.9. The van der Waals surface area contributed by atoms with Gasteiger partial charge >= 0.3 is 0 Å². The maximum atomic E-state index is 12.2. The Bertz CT molecular complexity index is 702. The molecule has 1 fully saturated rings. The van der Waals surface area contributed by atoms with Crippen LogP contribution in [0.3, 0.4) is 0 Å². The number of hydrogen-bond acceptors (Lipinski definition) is 2. The zero-order valence-electron chi connectivity index (χ0n) is 12.3. The lowest BCUT2D eigenvalue weighted by molar-refractivity contribution is 0.283. The fourth-order valence-corrected chi connectivity index (χ4v) is 3.68. The molecular weight excluding hydrogens is 328 g/mol. The fraction of sp³-hybridized carbons (Fsp3) is 0.412. The minimum absolute atomic E-state index is 0.0779. The molecule has 4 heteroatoms. The van der Waals surface area contributed by atoms with Crippen molar-refractivity contribution in [2.75, 3.05) is 0 Å². The molecule has 0 unspecified atom stereocenters. The number of benzene rings is 1. The van der Waals surface area contributed by atoms with Crippen molar-refractivity contribution in [1.29, 1.82) is 0 Å². The largest absolute Gasteiger partial charge is 0.309 e. The Balaban J connectivity index is 2.17. The van der Waals surface area contributed by atoms with Gasteiger partial charge in [-0.2, -0.15) is 0 Å². The molecule has 0 saturated heterocycles. The molecule has 1 saturated carbocycles. The Morgan fingerprint density at radius 1 is 1.24 bits per heavy atom. The minimum Gasteiger partial charge on any atom is -0.309 e. The van der Waals surface area contributed by atoms with E-state index in [0.717, 1.165) is 24.4 Å². The van der Waals surface area contributed by atoms with Crippen molar-refractivity contribution in [1.82, 2.24) is 9.97 Å². The summed E-state index contributed by atoms with van der Waals surface area (Å²) in [6.45, 7) is 4.12. The molecule has 1 aliphatic carbocycles. The fourth-order valence-electron chi connectivity index (χ4n) is 3.04. The van der Waals surface area contributed by atoms with Crippen molar-refractivity contribution in [2.24, 2.45) is 0 Å². The van der Waals surface area contributed by atoms with E-state index in [1.807, 2.05) is 6.07 Å². The van der Waals surface area contributed by atoms with E-state index in [1.165, 1.54) is 12.0 Å². The van der Waals surface area contributed by atoms with E-state index in [2.05, 4.69) is 59.0 Å². The molecule has 2 aromatic rings. The second-order valence-electron chi connectivity index (χ2n) is 6.07. The van der Waals surface area contributed by atoms with Crippen LogP contribution in [-0.4, -0.2) is 9.97 Å². The number of hydrogen-bond donors (Lipinski definition) is 1. The molecule has 1 N–H and O–H groups in total. The molecule has 3 nitrogen and oxygen atoms in total. The number of nitrogens with one attached hydrogen (secondary N) is 1. The lowest BCUT2D eigenvalue weighted by atomic mass is 9.64. The predicted molar refractivity (Wildman–Crippen MR) is 87.7 cm³/mol. The van der Waals surface area contributed by atoms with Gasteiger partial charge in [0.15, 0.2) is 0 Å². The number of aromatic nitrogens is 2. The van der Waals surface area contributed by atoms with Crippen molar-refractivity contribution < 1.29 is 0 Å². The summed E-state index contributed by atoms with van der Waals surface area (Å²) in [6.07, 6.45) is 3.25. The van der Waals surface area contributed by atoms with Gasteiger partial charge in [0.1, 0.15) is 10.3 Å². The normalized spacial score (nSPS) is 16.8. The van der Waals surface area contributed by atoms with Crippen LogP contribution in [0.2, 0.25) is 0 Å². The maximum Gasteiger partial charge on any atom is 0.265 e. The van der Waals surface area contributed by atoms with Crippen molar-refractivity contribution >= 4 is 15.9 Å². The molecule has 0 radical (unpaired) electrons. The third-order valence-electron chi connectivity index (χ3n) is 4.42. The molecule has 0 bridgehead atoms. The summed E-state index contributed by atoms with van der Waals surface area (Å²) in [5, 5.41) is 0. The molecule has 1 aliphatic rings. The first-order valence-corrected chi connectivity index (χ1v) is 8.19. The molecule has 0 atom stereocenters. The highest BCUT2D eigenvalue weighted by molar-refractivity contribution is 9.10. The number of rotatable bonds is 3. The van der Waals surface area contributed by atoms with Gasteiger partial charge in [0, 0.05) is 0 Å². The Morgan fingerprint density at radius 2 is 1.90 bits per heavy atom. The van der Waals surface area contributed by atoms with Gasteiger partial charge < -0.3 is 4.98 Å². The lowest BCUT2D eigenvalue weighted by Gasteiger charge is -2.41. The molecule has 1 aromatic carbocycles. The van der Waals surface area contributed by atoms with Gasteiger partial charge in [-0.3, -0.25) is 4.79 Å². The first-order chi connectivity index (χ1) is 10.0. The first kappa shape index (κ1) is 14.5. The van der Waals surface area contributed by atoms with Gasteiger partial charge in [-0.25, -0.2) is 4.98 Å². The summed E-state index contributed by atoms with van der Waals surface area (Å²) in [4.78, 5) is 20.0. The third-order valence-corrected chi connectivity index (χ3v) is 5.19. The van der Waals surface area contributed by atoms with Crippen LogP contribution in [0.25, 0.3) is 0 Å². The Labute approximate surface area is 133 Å². The molecule has 1 heterocycles. The highest BCUT2D eigenvalue weighted by Crippen LogP contribution is 2.47. The number of H-pyrrole nitrogens is 1. The number of halogens is 1. The molecule has 110 valence electrons. The van der Waals surface area contributed by atoms with Crippen LogP contribution in [0, 0.1) is 0 Å². The Morgan fingerprint density at radius 3 is 2.43 bits per heavy atom. The van der Waals surface area contributed by atoms with Gasteiger partial charge in [0.25, 0.3) is 5.56 Å². The van der Waals surface area contributed by atoms with Crippen LogP contribution in [0.4, 0.5) is 0 Å². The van der Waals surface area contributed by atoms with Crippen LogP contribution >= 0.6 is 15.9 Å². The molecular formula is C17H19BrN2O. The van der Waals surface area contributed by atoms with Gasteiger partial charge in [-0.1, -0.05) is 50.6 Å². The van der Waals surface area contributed by atoms with E-state index >= 15 is 0 Å². The van der Waals surface area contributed by atoms with Crippen LogP contribution in [0.5, 0.6) is 0 Å². The molecule has 0 spiro atoms. The molecule has 1 aromatic heterocycles. The Hall–Kier alpha value is -1.42. The van der Waals surface area contributed by atoms with Crippen molar-refractivity contribution in [2.45, 2.75) is 44.4 Å². The van der Waals surface area contributed by atoms with E-state index in [1.54, 1.807) is 0 Å². The van der Waals surface area contributed by atoms with E-state index in [0.29, 0.717) is 4.47 Å². The second-order valence-corrected chi connectivity index (χ2v) is 6.86. The standard InChI is InChI=1S/C17H19BrN2O/c1-11(2)14-13(18)15(21)20-16(19-14)17(9-6-10-17)12-7-4-3-5-8-12/h3-5,7-8,11H,6,9-10H2,1-2H3,(H,19,20,21). The van der Waals surface area contributed by atoms with Gasteiger partial charge in [0.05, 0.1) is 11.1 Å². The molecule has 3 rings (SSSR count). The average Bonchev–Trinajstić information content (AvgIpc) is 2.42. The summed E-state index contributed by atoms with van der Waals surface area (Å²) in [7, 11) is 0. The average molecular weight is 347 g/mol. The SMILES string of the molecule is CC(C)c1nc(C2(c3ccccc3)CCC2)[nH]c(=O)c1Br. The van der Waals surface area contributed by atoms with E-state index in [9.17, 15) is 4.79 Å². The maximum absolute atomic E-state index is 12.2. The van der Waals surface area contributed by atoms with E-state index < -0.39 is 0 Å². The predicted octanol–water partition coefficient (Wildman–Crippen LogP) is 4.13. The lowest BCUT2D eigenvalue weighted by Crippen LogP contribution is -2.39. The molecule has 0 amide bonds. The summed E-state index contributed by atoms with van der Waals surface area (Å²) < 4.78 is 0.559. The van der Waals surface area contributed by atoms with Crippen molar-refractivity contribution in [3.8, 4) is 0 Å². The van der Waals surface area contributed by atoms with Gasteiger partial charge in [0.2, 0.25) is 0 Å². The summed E-state index contributed by atoms with van der Waals surface area (Å²) in [6, 6.07) is 10.4. The van der Waals surface area contributed by atoms with Crippen LogP contribution in [0.15, 0.2) is 39.6 Å².